The third-order valence-corrected chi connectivity index (χ3v) is 3.16. The van der Waals surface area contributed by atoms with Crippen molar-refractivity contribution < 1.29 is 8.78 Å². The van der Waals surface area contributed by atoms with E-state index in [-0.39, 0.29) is 16.2 Å². The van der Waals surface area contributed by atoms with Crippen LogP contribution in [0.1, 0.15) is 24.4 Å². The number of hydrogen-bond donors (Lipinski definition) is 1. The lowest BCUT2D eigenvalue weighted by atomic mass is 10.2. The van der Waals surface area contributed by atoms with Crippen molar-refractivity contribution in [3.05, 3.63) is 39.6 Å². The van der Waals surface area contributed by atoms with Gasteiger partial charge in [0.25, 0.3) is 0 Å². The van der Waals surface area contributed by atoms with Crippen LogP contribution in [0.4, 0.5) is 8.78 Å². The SMILES string of the molecule is Cc1c(C(C)N)nnn1-c1c(F)cc(F)cc1Br. The molecule has 7 heteroatoms. The van der Waals surface area contributed by atoms with Gasteiger partial charge in [-0.25, -0.2) is 13.5 Å². The number of nitrogens with zero attached hydrogens (tertiary/aromatic N) is 3. The fourth-order valence-corrected chi connectivity index (χ4v) is 2.29. The quantitative estimate of drug-likeness (QED) is 0.926. The third kappa shape index (κ3) is 2.15. The van der Waals surface area contributed by atoms with Crippen molar-refractivity contribution in [1.82, 2.24) is 15.0 Å². The number of aromatic nitrogens is 3. The highest BCUT2D eigenvalue weighted by molar-refractivity contribution is 9.10. The summed E-state index contributed by atoms with van der Waals surface area (Å²) in [6.45, 7) is 3.49. The summed E-state index contributed by atoms with van der Waals surface area (Å²) in [4.78, 5) is 0. The van der Waals surface area contributed by atoms with Crippen LogP contribution in [0.2, 0.25) is 0 Å². The van der Waals surface area contributed by atoms with Crippen molar-refractivity contribution in [3.8, 4) is 5.69 Å². The molecular formula is C11H11BrF2N4. The van der Waals surface area contributed by atoms with E-state index in [1.165, 1.54) is 10.7 Å². The number of hydrogen-bond acceptors (Lipinski definition) is 3. The van der Waals surface area contributed by atoms with Gasteiger partial charge in [-0.1, -0.05) is 5.21 Å². The molecule has 0 aliphatic carbocycles. The zero-order chi connectivity index (χ0) is 13.4. The summed E-state index contributed by atoms with van der Waals surface area (Å²) < 4.78 is 28.4. The maximum atomic E-state index is 13.8. The summed E-state index contributed by atoms with van der Waals surface area (Å²) in [7, 11) is 0. The van der Waals surface area contributed by atoms with E-state index in [4.69, 9.17) is 5.73 Å². The van der Waals surface area contributed by atoms with Crippen LogP contribution in [0.15, 0.2) is 16.6 Å². The Balaban J connectivity index is 2.63. The fourth-order valence-electron chi connectivity index (χ4n) is 1.71. The first-order valence-corrected chi connectivity index (χ1v) is 6.03. The lowest BCUT2D eigenvalue weighted by Gasteiger charge is -2.08. The third-order valence-electron chi connectivity index (χ3n) is 2.56. The highest BCUT2D eigenvalue weighted by Gasteiger charge is 2.18. The lowest BCUT2D eigenvalue weighted by Crippen LogP contribution is -2.08. The van der Waals surface area contributed by atoms with Crippen LogP contribution >= 0.6 is 15.9 Å². The molecule has 1 aromatic heterocycles. The molecule has 1 aromatic carbocycles. The molecule has 1 atom stereocenters. The van der Waals surface area contributed by atoms with E-state index < -0.39 is 11.6 Å². The van der Waals surface area contributed by atoms with Crippen molar-refractivity contribution in [1.29, 1.82) is 0 Å². The molecule has 2 aromatic rings. The highest BCUT2D eigenvalue weighted by Crippen LogP contribution is 2.27. The van der Waals surface area contributed by atoms with E-state index in [1.54, 1.807) is 13.8 Å². The van der Waals surface area contributed by atoms with Crippen LogP contribution in [0.3, 0.4) is 0 Å². The Kier molecular flexibility index (Phi) is 3.45. The molecule has 18 heavy (non-hydrogen) atoms. The Labute approximate surface area is 111 Å². The molecule has 1 heterocycles. The first-order valence-electron chi connectivity index (χ1n) is 5.24. The molecule has 1 unspecified atom stereocenters. The molecule has 0 fully saturated rings. The standard InChI is InChI=1S/C11H11BrF2N4/c1-5(15)10-6(2)18(17-16-10)11-8(12)3-7(13)4-9(11)14/h3-5H,15H2,1-2H3. The zero-order valence-electron chi connectivity index (χ0n) is 9.78. The summed E-state index contributed by atoms with van der Waals surface area (Å²) in [5, 5.41) is 7.76. The predicted molar refractivity (Wildman–Crippen MR) is 66.3 cm³/mol. The van der Waals surface area contributed by atoms with Crippen molar-refractivity contribution in [2.24, 2.45) is 5.73 Å². The summed E-state index contributed by atoms with van der Waals surface area (Å²) in [6, 6.07) is 1.67. The molecule has 0 saturated carbocycles. The Morgan fingerprint density at radius 3 is 2.56 bits per heavy atom. The maximum absolute atomic E-state index is 13.8. The molecule has 0 aliphatic heterocycles. The van der Waals surface area contributed by atoms with Crippen molar-refractivity contribution in [2.75, 3.05) is 0 Å². The van der Waals surface area contributed by atoms with Gasteiger partial charge in [0.2, 0.25) is 0 Å². The van der Waals surface area contributed by atoms with Gasteiger partial charge in [-0.05, 0) is 35.8 Å². The normalized spacial score (nSPS) is 12.8. The number of nitrogens with two attached hydrogens (primary N) is 1. The van der Waals surface area contributed by atoms with Crippen LogP contribution in [0, 0.1) is 18.6 Å². The first kappa shape index (κ1) is 13.1. The van der Waals surface area contributed by atoms with Gasteiger partial charge in [-0.15, -0.1) is 5.10 Å². The monoisotopic (exact) mass is 316 g/mol. The second-order valence-corrected chi connectivity index (χ2v) is 4.83. The molecule has 0 amide bonds. The van der Waals surface area contributed by atoms with Gasteiger partial charge in [0.05, 0.1) is 5.69 Å². The zero-order valence-corrected chi connectivity index (χ0v) is 11.4. The van der Waals surface area contributed by atoms with Crippen LogP contribution < -0.4 is 5.73 Å². The molecule has 0 spiro atoms. The molecule has 2 N–H and O–H groups in total. The fraction of sp³-hybridized carbons (Fsp3) is 0.273. The molecule has 0 saturated heterocycles. The van der Waals surface area contributed by atoms with Gasteiger partial charge in [0, 0.05) is 16.6 Å². The molecule has 0 bridgehead atoms. The largest absolute Gasteiger partial charge is 0.323 e. The van der Waals surface area contributed by atoms with E-state index >= 15 is 0 Å². The van der Waals surface area contributed by atoms with Gasteiger partial charge in [0.15, 0.2) is 5.82 Å². The van der Waals surface area contributed by atoms with Crippen molar-refractivity contribution in [2.45, 2.75) is 19.9 Å². The van der Waals surface area contributed by atoms with Crippen molar-refractivity contribution in [3.63, 3.8) is 0 Å². The van der Waals surface area contributed by atoms with E-state index in [0.29, 0.717) is 11.4 Å². The molecule has 2 rings (SSSR count). The second kappa shape index (κ2) is 4.74. The van der Waals surface area contributed by atoms with Gasteiger partial charge < -0.3 is 5.73 Å². The van der Waals surface area contributed by atoms with E-state index in [1.807, 2.05) is 0 Å². The summed E-state index contributed by atoms with van der Waals surface area (Å²) in [6.07, 6.45) is 0. The minimum Gasteiger partial charge on any atom is -0.323 e. The maximum Gasteiger partial charge on any atom is 0.153 e. The second-order valence-electron chi connectivity index (χ2n) is 3.98. The average Bonchev–Trinajstić information content (AvgIpc) is 2.59. The van der Waals surface area contributed by atoms with Crippen LogP contribution in [-0.2, 0) is 0 Å². The molecule has 4 nitrogen and oxygen atoms in total. The van der Waals surface area contributed by atoms with Crippen LogP contribution in [0.5, 0.6) is 0 Å². The van der Waals surface area contributed by atoms with Gasteiger partial charge in [-0.3, -0.25) is 0 Å². The highest BCUT2D eigenvalue weighted by atomic mass is 79.9. The number of rotatable bonds is 2. The molecule has 0 radical (unpaired) electrons. The van der Waals surface area contributed by atoms with Gasteiger partial charge in [0.1, 0.15) is 17.2 Å². The Morgan fingerprint density at radius 1 is 1.39 bits per heavy atom. The summed E-state index contributed by atoms with van der Waals surface area (Å²) >= 11 is 3.12. The lowest BCUT2D eigenvalue weighted by molar-refractivity contribution is 0.568. The summed E-state index contributed by atoms with van der Waals surface area (Å²) in [5.74, 6) is -1.38. The Hall–Kier alpha value is -1.34. The Morgan fingerprint density at radius 2 is 2.06 bits per heavy atom. The van der Waals surface area contributed by atoms with Crippen LogP contribution in [0.25, 0.3) is 5.69 Å². The van der Waals surface area contributed by atoms with Gasteiger partial charge in [-0.2, -0.15) is 0 Å². The minimum atomic E-state index is -0.717. The van der Waals surface area contributed by atoms with E-state index in [2.05, 4.69) is 26.2 Å². The smallest absolute Gasteiger partial charge is 0.153 e. The first-order chi connectivity index (χ1) is 8.41. The number of benzene rings is 1. The van der Waals surface area contributed by atoms with Crippen molar-refractivity contribution >= 4 is 15.9 Å². The summed E-state index contributed by atoms with van der Waals surface area (Å²) in [5.41, 5.74) is 7.04. The van der Waals surface area contributed by atoms with E-state index in [9.17, 15) is 8.78 Å². The minimum absolute atomic E-state index is 0.119. The molecule has 0 aliphatic rings. The van der Waals surface area contributed by atoms with Gasteiger partial charge >= 0.3 is 0 Å². The van der Waals surface area contributed by atoms with E-state index in [0.717, 1.165) is 6.07 Å². The Bertz CT molecular complexity index is 572. The average molecular weight is 317 g/mol. The molecular weight excluding hydrogens is 306 g/mol. The number of halogens is 3. The van der Waals surface area contributed by atoms with Crippen LogP contribution in [-0.4, -0.2) is 15.0 Å². The molecule has 96 valence electrons. The topological polar surface area (TPSA) is 56.7 Å². The predicted octanol–water partition coefficient (Wildman–Crippen LogP) is 2.64.